The molecule has 0 radical (unpaired) electrons. The van der Waals surface area contributed by atoms with Crippen molar-refractivity contribution in [1.82, 2.24) is 4.90 Å². The van der Waals surface area contributed by atoms with Crippen molar-refractivity contribution in [1.29, 1.82) is 0 Å². The Morgan fingerprint density at radius 1 is 1.03 bits per heavy atom. The molecular formula is C30H41NO2. The van der Waals surface area contributed by atoms with Crippen molar-refractivity contribution in [3.05, 3.63) is 77.9 Å². The van der Waals surface area contributed by atoms with E-state index >= 15 is 0 Å². The van der Waals surface area contributed by atoms with Crippen molar-refractivity contribution in [3.63, 3.8) is 0 Å². The largest absolute Gasteiger partial charge is 0.345 e. The van der Waals surface area contributed by atoms with Crippen molar-refractivity contribution in [3.8, 4) is 0 Å². The number of rotatable bonds is 14. The quantitative estimate of drug-likeness (QED) is 0.129. The highest BCUT2D eigenvalue weighted by Gasteiger charge is 2.21. The molecule has 0 bridgehead atoms. The molecule has 0 saturated heterocycles. The third-order valence-electron chi connectivity index (χ3n) is 6.19. The molecule has 33 heavy (non-hydrogen) atoms. The molecule has 2 rings (SSSR count). The summed E-state index contributed by atoms with van der Waals surface area (Å²) >= 11 is 0. The summed E-state index contributed by atoms with van der Waals surface area (Å²) in [6.07, 6.45) is 18.8. The third-order valence-corrected chi connectivity index (χ3v) is 6.19. The van der Waals surface area contributed by atoms with Crippen LogP contribution < -0.4 is 0 Å². The molecule has 0 heterocycles. The van der Waals surface area contributed by atoms with Crippen LogP contribution in [-0.2, 0) is 4.79 Å². The lowest BCUT2D eigenvalue weighted by atomic mass is 9.89. The Balaban J connectivity index is 2.29. The van der Waals surface area contributed by atoms with Crippen LogP contribution in [-0.4, -0.2) is 30.7 Å². The lowest BCUT2D eigenvalue weighted by Gasteiger charge is -2.15. The molecule has 0 aliphatic heterocycles. The van der Waals surface area contributed by atoms with Crippen LogP contribution in [0.15, 0.2) is 66.8 Å². The zero-order valence-corrected chi connectivity index (χ0v) is 21.0. The second-order valence-electron chi connectivity index (χ2n) is 9.20. The lowest BCUT2D eigenvalue weighted by Crippen LogP contribution is -2.21. The summed E-state index contributed by atoms with van der Waals surface area (Å²) in [4.78, 5) is 26.9. The maximum Gasteiger partial charge on any atom is 0.253 e. The number of allylic oxidation sites excluding steroid dienone is 7. The Hall–Kier alpha value is -2.68. The monoisotopic (exact) mass is 447 g/mol. The Morgan fingerprint density at radius 3 is 2.24 bits per heavy atom. The van der Waals surface area contributed by atoms with Gasteiger partial charge in [0.25, 0.3) is 5.91 Å². The van der Waals surface area contributed by atoms with E-state index in [9.17, 15) is 9.59 Å². The molecule has 1 saturated carbocycles. The van der Waals surface area contributed by atoms with E-state index in [1.165, 1.54) is 25.7 Å². The van der Waals surface area contributed by atoms with Gasteiger partial charge in [0.2, 0.25) is 0 Å². The molecule has 0 aromatic heterocycles. The normalized spacial score (nSPS) is 15.5. The maximum atomic E-state index is 13.2. The van der Waals surface area contributed by atoms with Crippen LogP contribution in [0.5, 0.6) is 0 Å². The summed E-state index contributed by atoms with van der Waals surface area (Å²) in [5.74, 6) is 1.08. The van der Waals surface area contributed by atoms with E-state index in [0.29, 0.717) is 17.9 Å². The smallest absolute Gasteiger partial charge is 0.253 e. The molecular weight excluding hydrogens is 406 g/mol. The van der Waals surface area contributed by atoms with Gasteiger partial charge in [0.15, 0.2) is 5.78 Å². The van der Waals surface area contributed by atoms with E-state index in [0.717, 1.165) is 36.0 Å². The van der Waals surface area contributed by atoms with Gasteiger partial charge in [0.05, 0.1) is 0 Å². The second kappa shape index (κ2) is 13.8. The van der Waals surface area contributed by atoms with Crippen LogP contribution in [0.2, 0.25) is 0 Å². The van der Waals surface area contributed by atoms with Crippen molar-refractivity contribution < 1.29 is 9.59 Å². The third kappa shape index (κ3) is 8.64. The fourth-order valence-corrected chi connectivity index (χ4v) is 3.84. The standard InChI is InChI=1S/C30H41NO2/c1-6-9-10-11-12-29(32)28(25(8-3)16-15-23-13-14-23)22-21-24(7-2)26-17-19-27(20-18-26)30(33)31(4)5/h7,15-23,25H,2,6,8-14H2,1,3-5H3/b16-15?,24-21+,28-22?. The number of unbranched alkanes of at least 4 members (excludes halogenated alkanes) is 3. The zero-order chi connectivity index (χ0) is 24.2. The minimum atomic E-state index is -0.0187. The van der Waals surface area contributed by atoms with Gasteiger partial charge in [-0.2, -0.15) is 0 Å². The van der Waals surface area contributed by atoms with E-state index < -0.39 is 0 Å². The predicted molar refractivity (Wildman–Crippen MR) is 140 cm³/mol. The van der Waals surface area contributed by atoms with E-state index in [1.807, 2.05) is 42.5 Å². The van der Waals surface area contributed by atoms with Gasteiger partial charge in [-0.15, -0.1) is 0 Å². The van der Waals surface area contributed by atoms with Crippen LogP contribution in [0.3, 0.4) is 0 Å². The molecule has 1 aromatic carbocycles. The highest BCUT2D eigenvalue weighted by atomic mass is 16.2. The topological polar surface area (TPSA) is 37.4 Å². The number of benzene rings is 1. The minimum absolute atomic E-state index is 0.0187. The first-order valence-corrected chi connectivity index (χ1v) is 12.5. The van der Waals surface area contributed by atoms with Crippen LogP contribution in [0.25, 0.3) is 5.57 Å². The lowest BCUT2D eigenvalue weighted by molar-refractivity contribution is -0.116. The molecule has 0 spiro atoms. The highest BCUT2D eigenvalue weighted by molar-refractivity contribution is 5.97. The van der Waals surface area contributed by atoms with Crippen molar-refractivity contribution in [2.24, 2.45) is 11.8 Å². The van der Waals surface area contributed by atoms with E-state index in [2.05, 4.69) is 32.6 Å². The number of hydrogen-bond acceptors (Lipinski definition) is 2. The molecule has 178 valence electrons. The number of carbonyl (C=O) groups is 2. The number of ketones is 1. The first kappa shape index (κ1) is 26.6. The maximum absolute atomic E-state index is 13.2. The molecule has 1 unspecified atom stereocenters. The molecule has 1 aliphatic rings. The molecule has 1 fully saturated rings. The van der Waals surface area contributed by atoms with E-state index in [1.54, 1.807) is 19.0 Å². The second-order valence-corrected chi connectivity index (χ2v) is 9.20. The van der Waals surface area contributed by atoms with Gasteiger partial charge in [0.1, 0.15) is 0 Å². The summed E-state index contributed by atoms with van der Waals surface area (Å²) in [5, 5.41) is 0. The molecule has 1 aliphatic carbocycles. The SMILES string of the molecule is C=C/C(=C\C=C(C(=O)CCCCCC)C(C=CC1CC1)CC)c1ccc(C(=O)N(C)C)cc1. The molecule has 0 N–H and O–H groups in total. The van der Waals surface area contributed by atoms with Gasteiger partial charge in [0, 0.05) is 37.6 Å². The number of amides is 1. The Labute approximate surface area is 201 Å². The van der Waals surface area contributed by atoms with Crippen LogP contribution in [0, 0.1) is 11.8 Å². The van der Waals surface area contributed by atoms with Crippen molar-refractivity contribution >= 4 is 17.3 Å². The van der Waals surface area contributed by atoms with Crippen LogP contribution >= 0.6 is 0 Å². The number of nitrogens with zero attached hydrogens (tertiary/aromatic N) is 1. The summed E-state index contributed by atoms with van der Waals surface area (Å²) in [7, 11) is 3.50. The highest BCUT2D eigenvalue weighted by Crippen LogP contribution is 2.32. The number of hydrogen-bond donors (Lipinski definition) is 0. The summed E-state index contributed by atoms with van der Waals surface area (Å²) in [5.41, 5.74) is 3.47. The summed E-state index contributed by atoms with van der Waals surface area (Å²) in [6.45, 7) is 8.32. The van der Waals surface area contributed by atoms with Gasteiger partial charge in [-0.05, 0) is 54.9 Å². The van der Waals surface area contributed by atoms with Gasteiger partial charge < -0.3 is 4.90 Å². The van der Waals surface area contributed by atoms with Crippen LogP contribution in [0.1, 0.15) is 81.1 Å². The Bertz CT molecular complexity index is 882. The van der Waals surface area contributed by atoms with E-state index in [4.69, 9.17) is 0 Å². The van der Waals surface area contributed by atoms with Crippen molar-refractivity contribution in [2.75, 3.05) is 14.1 Å². The fraction of sp³-hybridized carbons (Fsp3) is 0.467. The Morgan fingerprint density at radius 2 is 1.70 bits per heavy atom. The molecule has 1 aromatic rings. The van der Waals surface area contributed by atoms with E-state index in [-0.39, 0.29) is 17.6 Å². The Kier molecular flexibility index (Phi) is 11.1. The molecule has 3 heteroatoms. The minimum Gasteiger partial charge on any atom is -0.345 e. The predicted octanol–water partition coefficient (Wildman–Crippen LogP) is 7.42. The van der Waals surface area contributed by atoms with Crippen LogP contribution in [0.4, 0.5) is 0 Å². The van der Waals surface area contributed by atoms with Gasteiger partial charge in [-0.1, -0.05) is 82.2 Å². The molecule has 1 amide bonds. The average Bonchev–Trinajstić information content (AvgIpc) is 3.65. The fourth-order valence-electron chi connectivity index (χ4n) is 3.84. The zero-order valence-electron chi connectivity index (χ0n) is 21.0. The number of Topliss-reactive ketones (excluding diaryl/α,β-unsaturated/α-hetero) is 1. The van der Waals surface area contributed by atoms with Gasteiger partial charge >= 0.3 is 0 Å². The average molecular weight is 448 g/mol. The molecule has 1 atom stereocenters. The van der Waals surface area contributed by atoms with Gasteiger partial charge in [-0.3, -0.25) is 9.59 Å². The first-order valence-electron chi connectivity index (χ1n) is 12.5. The first-order chi connectivity index (χ1) is 15.9. The van der Waals surface area contributed by atoms with Gasteiger partial charge in [-0.25, -0.2) is 0 Å². The van der Waals surface area contributed by atoms with Crippen molar-refractivity contribution in [2.45, 2.75) is 65.2 Å². The summed E-state index contributed by atoms with van der Waals surface area (Å²) in [6, 6.07) is 7.56. The summed E-state index contributed by atoms with van der Waals surface area (Å²) < 4.78 is 0. The number of carbonyl (C=O) groups excluding carboxylic acids is 2. The molecule has 3 nitrogen and oxygen atoms in total.